The zero-order valence-corrected chi connectivity index (χ0v) is 15.2. The van der Waals surface area contributed by atoms with Crippen LogP contribution in [0.5, 0.6) is 5.75 Å². The number of carbonyl (C=O) groups is 1. The lowest BCUT2D eigenvalue weighted by Crippen LogP contribution is -2.49. The highest BCUT2D eigenvalue weighted by molar-refractivity contribution is 5.97. The minimum absolute atomic E-state index is 0.0510. The summed E-state index contributed by atoms with van der Waals surface area (Å²) in [6.45, 7) is 1.72. The maximum Gasteiger partial charge on any atom is 0.257 e. The van der Waals surface area contributed by atoms with Crippen molar-refractivity contribution in [1.29, 1.82) is 0 Å². The van der Waals surface area contributed by atoms with Crippen LogP contribution in [0.25, 0.3) is 0 Å². The lowest BCUT2D eigenvalue weighted by Gasteiger charge is -2.36. The third-order valence-electron chi connectivity index (χ3n) is 4.72. The fourth-order valence-corrected chi connectivity index (χ4v) is 3.27. The van der Waals surface area contributed by atoms with Gasteiger partial charge in [-0.05, 0) is 18.6 Å². The molecule has 0 atom stereocenters. The average molecular weight is 400 g/mol. The van der Waals surface area contributed by atoms with Crippen LogP contribution < -0.4 is 9.64 Å². The Morgan fingerprint density at radius 3 is 1.96 bits per heavy atom. The Kier molecular flexibility index (Phi) is 5.44. The van der Waals surface area contributed by atoms with Crippen molar-refractivity contribution >= 4 is 11.6 Å². The van der Waals surface area contributed by atoms with Crippen molar-refractivity contribution < 1.29 is 31.5 Å². The van der Waals surface area contributed by atoms with E-state index in [4.69, 9.17) is 4.74 Å². The first-order valence-electron chi connectivity index (χ1n) is 8.47. The van der Waals surface area contributed by atoms with E-state index in [0.717, 1.165) is 10.5 Å². The van der Waals surface area contributed by atoms with Gasteiger partial charge in [-0.15, -0.1) is 0 Å². The number of methoxy groups -OCH3 is 1. The normalized spacial score (nSPS) is 14.4. The third kappa shape index (κ3) is 3.25. The molecule has 28 heavy (non-hydrogen) atoms. The Labute approximate surface area is 158 Å². The van der Waals surface area contributed by atoms with Crippen LogP contribution in [0.1, 0.15) is 15.9 Å². The number of anilines is 1. The van der Waals surface area contributed by atoms with Gasteiger partial charge in [-0.2, -0.15) is 0 Å². The first kappa shape index (κ1) is 19.9. The summed E-state index contributed by atoms with van der Waals surface area (Å²) in [7, 11) is 1.44. The fourth-order valence-electron chi connectivity index (χ4n) is 3.27. The van der Waals surface area contributed by atoms with Crippen molar-refractivity contribution in [1.82, 2.24) is 4.90 Å². The highest BCUT2D eigenvalue weighted by Gasteiger charge is 2.32. The highest BCUT2D eigenvalue weighted by atomic mass is 19.2. The summed E-state index contributed by atoms with van der Waals surface area (Å²) in [4.78, 5) is 15.3. The molecule has 0 saturated carbocycles. The molecule has 0 unspecified atom stereocenters. The molecule has 1 saturated heterocycles. The van der Waals surface area contributed by atoms with Crippen molar-refractivity contribution in [3.63, 3.8) is 0 Å². The number of carbonyl (C=O) groups excluding carboxylic acids is 1. The van der Waals surface area contributed by atoms with Crippen molar-refractivity contribution in [3.8, 4) is 5.75 Å². The lowest BCUT2D eigenvalue weighted by molar-refractivity contribution is 0.0742. The number of rotatable bonds is 3. The molecule has 0 aromatic heterocycles. The maximum absolute atomic E-state index is 14.0. The summed E-state index contributed by atoms with van der Waals surface area (Å²) >= 11 is 0. The van der Waals surface area contributed by atoms with Gasteiger partial charge in [0.2, 0.25) is 5.82 Å². The summed E-state index contributed by atoms with van der Waals surface area (Å²) < 4.78 is 73.3. The Hall–Kier alpha value is -2.84. The van der Waals surface area contributed by atoms with Crippen molar-refractivity contribution in [3.05, 3.63) is 58.4 Å². The van der Waals surface area contributed by atoms with Crippen molar-refractivity contribution in [2.75, 3.05) is 38.2 Å². The molecule has 3 rings (SSSR count). The Bertz CT molecular complexity index is 898. The molecule has 1 aliphatic heterocycles. The van der Waals surface area contributed by atoms with E-state index >= 15 is 0 Å². The van der Waals surface area contributed by atoms with Gasteiger partial charge in [0.15, 0.2) is 23.3 Å². The Balaban J connectivity index is 1.81. The van der Waals surface area contributed by atoms with Gasteiger partial charge in [-0.25, -0.2) is 22.0 Å². The van der Waals surface area contributed by atoms with Crippen molar-refractivity contribution in [2.24, 2.45) is 0 Å². The molecule has 0 aliphatic carbocycles. The monoisotopic (exact) mass is 400 g/mol. The zero-order valence-electron chi connectivity index (χ0n) is 15.2. The van der Waals surface area contributed by atoms with Crippen molar-refractivity contribution in [2.45, 2.75) is 6.92 Å². The van der Waals surface area contributed by atoms with Crippen LogP contribution in [0.4, 0.5) is 27.6 Å². The predicted molar refractivity (Wildman–Crippen MR) is 92.1 cm³/mol. The number of piperazine rings is 1. The second-order valence-corrected chi connectivity index (χ2v) is 6.35. The molecule has 1 amide bonds. The third-order valence-corrected chi connectivity index (χ3v) is 4.72. The van der Waals surface area contributed by atoms with Gasteiger partial charge >= 0.3 is 0 Å². The van der Waals surface area contributed by atoms with E-state index in [1.165, 1.54) is 12.0 Å². The molecule has 2 aromatic rings. The molecular weight excluding hydrogens is 383 g/mol. The fraction of sp³-hybridized carbons (Fsp3) is 0.316. The van der Waals surface area contributed by atoms with E-state index in [1.54, 1.807) is 25.1 Å². The molecule has 0 spiro atoms. The largest absolute Gasteiger partial charge is 0.496 e. The molecular formula is C19H17F5N2O2. The molecule has 9 heteroatoms. The molecule has 4 nitrogen and oxygen atoms in total. The smallest absolute Gasteiger partial charge is 0.257 e. The summed E-state index contributed by atoms with van der Waals surface area (Å²) in [6.07, 6.45) is 0. The number of ether oxygens (including phenoxy) is 1. The SMILES string of the molecule is COc1c(C)cccc1C(=O)N1CCN(c2c(F)c(F)c(F)c(F)c2F)CC1. The van der Waals surface area contributed by atoms with Gasteiger partial charge in [-0.1, -0.05) is 12.1 Å². The minimum atomic E-state index is -2.20. The van der Waals surface area contributed by atoms with E-state index in [2.05, 4.69) is 0 Å². The van der Waals surface area contributed by atoms with Crippen LogP contribution in [-0.4, -0.2) is 44.1 Å². The molecule has 2 aromatic carbocycles. The van der Waals surface area contributed by atoms with Gasteiger partial charge in [0.05, 0.1) is 12.7 Å². The van der Waals surface area contributed by atoms with Crippen LogP contribution in [0.3, 0.4) is 0 Å². The molecule has 150 valence electrons. The van der Waals surface area contributed by atoms with Crippen LogP contribution in [0, 0.1) is 36.0 Å². The summed E-state index contributed by atoms with van der Waals surface area (Å²) in [5, 5.41) is 0. The van der Waals surface area contributed by atoms with E-state index in [0.29, 0.717) is 11.3 Å². The van der Waals surface area contributed by atoms with Crippen LogP contribution >= 0.6 is 0 Å². The molecule has 1 aliphatic rings. The lowest BCUT2D eigenvalue weighted by atomic mass is 10.1. The zero-order chi connectivity index (χ0) is 20.6. The number of hydrogen-bond acceptors (Lipinski definition) is 3. The second-order valence-electron chi connectivity index (χ2n) is 6.35. The number of benzene rings is 2. The average Bonchev–Trinajstić information content (AvgIpc) is 2.70. The molecule has 0 bridgehead atoms. The second kappa shape index (κ2) is 7.65. The standard InChI is InChI=1S/C19H17F5N2O2/c1-10-4-3-5-11(18(10)28-2)19(27)26-8-6-25(7-9-26)17-15(23)13(21)12(20)14(22)16(17)24/h3-5H,6-9H2,1-2H3. The quantitative estimate of drug-likeness (QED) is 0.448. The Morgan fingerprint density at radius 1 is 0.893 bits per heavy atom. The number of para-hydroxylation sites is 1. The van der Waals surface area contributed by atoms with Gasteiger partial charge < -0.3 is 14.5 Å². The number of nitrogens with zero attached hydrogens (tertiary/aromatic N) is 2. The first-order chi connectivity index (χ1) is 13.3. The van der Waals surface area contributed by atoms with E-state index < -0.39 is 34.8 Å². The molecule has 0 N–H and O–H groups in total. The molecule has 1 heterocycles. The van der Waals surface area contributed by atoms with Gasteiger partial charge in [0, 0.05) is 26.2 Å². The number of aryl methyl sites for hydroxylation is 1. The van der Waals surface area contributed by atoms with E-state index in [1.807, 2.05) is 0 Å². The summed E-state index contributed by atoms with van der Waals surface area (Å²) in [5.41, 5.74) is 0.136. The van der Waals surface area contributed by atoms with E-state index in [-0.39, 0.29) is 32.1 Å². The molecule has 1 fully saturated rings. The van der Waals surface area contributed by atoms with Crippen LogP contribution in [0.2, 0.25) is 0 Å². The van der Waals surface area contributed by atoms with E-state index in [9.17, 15) is 26.7 Å². The number of amides is 1. The van der Waals surface area contributed by atoms with Crippen LogP contribution in [0.15, 0.2) is 18.2 Å². The Morgan fingerprint density at radius 2 is 1.43 bits per heavy atom. The number of halogens is 5. The summed E-state index contributed by atoms with van der Waals surface area (Å²) in [6, 6.07) is 5.09. The van der Waals surface area contributed by atoms with Crippen LogP contribution in [-0.2, 0) is 0 Å². The summed E-state index contributed by atoms with van der Waals surface area (Å²) in [5.74, 6) is -9.84. The topological polar surface area (TPSA) is 32.8 Å². The maximum atomic E-state index is 14.0. The predicted octanol–water partition coefficient (Wildman–Crippen LogP) is 3.66. The van der Waals surface area contributed by atoms with Gasteiger partial charge in [-0.3, -0.25) is 4.79 Å². The highest BCUT2D eigenvalue weighted by Crippen LogP contribution is 2.31. The molecule has 0 radical (unpaired) electrons. The number of hydrogen-bond donors (Lipinski definition) is 0. The first-order valence-corrected chi connectivity index (χ1v) is 8.47. The minimum Gasteiger partial charge on any atom is -0.496 e. The van der Waals surface area contributed by atoms with Gasteiger partial charge in [0.25, 0.3) is 5.91 Å². The van der Waals surface area contributed by atoms with Gasteiger partial charge in [0.1, 0.15) is 11.4 Å².